The van der Waals surface area contributed by atoms with Crippen LogP contribution >= 0.6 is 12.2 Å². The van der Waals surface area contributed by atoms with Gasteiger partial charge >= 0.3 is 0 Å². The molecule has 3 rings (SSSR count). The fourth-order valence-corrected chi connectivity index (χ4v) is 3.20. The summed E-state index contributed by atoms with van der Waals surface area (Å²) >= 11 is 5.31. The second-order valence-corrected chi connectivity index (χ2v) is 6.43. The van der Waals surface area contributed by atoms with E-state index >= 15 is 0 Å². The van der Waals surface area contributed by atoms with Crippen LogP contribution in [0.4, 0.5) is 5.69 Å². The van der Waals surface area contributed by atoms with Crippen LogP contribution in [0.2, 0.25) is 0 Å². The molecule has 22 heavy (non-hydrogen) atoms. The predicted molar refractivity (Wildman–Crippen MR) is 92.5 cm³/mol. The highest BCUT2D eigenvalue weighted by Crippen LogP contribution is 2.25. The molecule has 1 saturated heterocycles. The first kappa shape index (κ1) is 15.6. The van der Waals surface area contributed by atoms with Crippen LogP contribution in [0.5, 0.6) is 5.75 Å². The number of benzene rings is 1. The lowest BCUT2D eigenvalue weighted by Crippen LogP contribution is -2.34. The molecule has 0 aromatic heterocycles. The van der Waals surface area contributed by atoms with Crippen molar-refractivity contribution in [2.24, 2.45) is 0 Å². The van der Waals surface area contributed by atoms with Gasteiger partial charge in [-0.1, -0.05) is 0 Å². The summed E-state index contributed by atoms with van der Waals surface area (Å²) in [5.41, 5.74) is 0.976. The molecule has 0 unspecified atom stereocenters. The lowest BCUT2D eigenvalue weighted by atomic mass is 10.2. The Morgan fingerprint density at radius 2 is 1.91 bits per heavy atom. The summed E-state index contributed by atoms with van der Waals surface area (Å²) < 4.78 is 11.5. The maximum atomic E-state index is 5.96. The first-order chi connectivity index (χ1) is 10.8. The molecule has 1 heterocycles. The normalized spacial score (nSPS) is 21.7. The van der Waals surface area contributed by atoms with Crippen LogP contribution in [0.1, 0.15) is 38.5 Å². The molecule has 0 amide bonds. The van der Waals surface area contributed by atoms with Crippen molar-refractivity contribution in [2.45, 2.75) is 50.7 Å². The Hall–Kier alpha value is -1.33. The zero-order chi connectivity index (χ0) is 15.2. The average Bonchev–Trinajstić information content (AvgIpc) is 3.20. The van der Waals surface area contributed by atoms with Gasteiger partial charge in [0.05, 0.1) is 12.2 Å². The second kappa shape index (κ2) is 7.79. The maximum Gasteiger partial charge on any atom is 0.170 e. The quantitative estimate of drug-likeness (QED) is 0.813. The molecule has 1 aliphatic carbocycles. The highest BCUT2D eigenvalue weighted by molar-refractivity contribution is 7.80. The first-order valence-corrected chi connectivity index (χ1v) is 8.63. The average molecular weight is 320 g/mol. The molecular weight excluding hydrogens is 296 g/mol. The zero-order valence-electron chi connectivity index (χ0n) is 12.8. The number of rotatable bonds is 5. The Kier molecular flexibility index (Phi) is 5.51. The fraction of sp³-hybridized carbons (Fsp3) is 0.588. The molecule has 0 bridgehead atoms. The van der Waals surface area contributed by atoms with Gasteiger partial charge in [-0.2, -0.15) is 0 Å². The van der Waals surface area contributed by atoms with Crippen LogP contribution in [-0.2, 0) is 4.74 Å². The highest BCUT2D eigenvalue weighted by atomic mass is 32.1. The van der Waals surface area contributed by atoms with Crippen LogP contribution in [0.25, 0.3) is 0 Å². The SMILES string of the molecule is S=C(NC[C@@H]1CCCO1)Nc1ccc(OC2CCCC2)cc1. The molecule has 1 aromatic rings. The van der Waals surface area contributed by atoms with E-state index in [1.165, 1.54) is 25.7 Å². The minimum absolute atomic E-state index is 0.293. The minimum Gasteiger partial charge on any atom is -0.490 e. The highest BCUT2D eigenvalue weighted by Gasteiger charge is 2.16. The van der Waals surface area contributed by atoms with Gasteiger partial charge < -0.3 is 20.1 Å². The third kappa shape index (κ3) is 4.58. The molecular formula is C17H24N2O2S. The number of anilines is 1. The standard InChI is InChI=1S/C17H24N2O2S/c22-17(18-12-16-6-3-11-20-16)19-13-7-9-15(10-8-13)21-14-4-1-2-5-14/h7-10,14,16H,1-6,11-12H2,(H2,18,19,22)/t16-/m0/s1. The van der Waals surface area contributed by atoms with E-state index in [9.17, 15) is 0 Å². The van der Waals surface area contributed by atoms with Crippen molar-refractivity contribution in [3.63, 3.8) is 0 Å². The third-order valence-corrected chi connectivity index (χ3v) is 4.48. The maximum absolute atomic E-state index is 5.96. The van der Waals surface area contributed by atoms with Crippen LogP contribution < -0.4 is 15.4 Å². The van der Waals surface area contributed by atoms with Gasteiger partial charge in [-0.25, -0.2) is 0 Å². The molecule has 1 atom stereocenters. The fourth-order valence-electron chi connectivity index (χ4n) is 3.00. The molecule has 0 spiro atoms. The topological polar surface area (TPSA) is 42.5 Å². The van der Waals surface area contributed by atoms with Gasteiger partial charge in [-0.05, 0) is 75.0 Å². The van der Waals surface area contributed by atoms with Gasteiger partial charge in [-0.15, -0.1) is 0 Å². The molecule has 2 aliphatic rings. The lowest BCUT2D eigenvalue weighted by Gasteiger charge is -2.15. The van der Waals surface area contributed by atoms with Crippen molar-refractivity contribution in [2.75, 3.05) is 18.5 Å². The Morgan fingerprint density at radius 1 is 1.14 bits per heavy atom. The van der Waals surface area contributed by atoms with E-state index in [1.807, 2.05) is 24.3 Å². The summed E-state index contributed by atoms with van der Waals surface area (Å²) in [6.45, 7) is 1.64. The molecule has 1 saturated carbocycles. The summed E-state index contributed by atoms with van der Waals surface area (Å²) in [6, 6.07) is 8.02. The molecule has 5 heteroatoms. The van der Waals surface area contributed by atoms with E-state index in [2.05, 4.69) is 10.6 Å². The van der Waals surface area contributed by atoms with Gasteiger partial charge in [0.15, 0.2) is 5.11 Å². The first-order valence-electron chi connectivity index (χ1n) is 8.23. The lowest BCUT2D eigenvalue weighted by molar-refractivity contribution is 0.114. The predicted octanol–water partition coefficient (Wildman–Crippen LogP) is 3.47. The Bertz CT molecular complexity index is 480. The third-order valence-electron chi connectivity index (χ3n) is 4.23. The van der Waals surface area contributed by atoms with Crippen LogP contribution in [0, 0.1) is 0 Å². The zero-order valence-corrected chi connectivity index (χ0v) is 13.7. The van der Waals surface area contributed by atoms with Crippen molar-refractivity contribution in [3.8, 4) is 5.75 Å². The summed E-state index contributed by atoms with van der Waals surface area (Å²) in [4.78, 5) is 0. The van der Waals surface area contributed by atoms with E-state index in [0.29, 0.717) is 17.3 Å². The Labute approximate surface area is 137 Å². The minimum atomic E-state index is 0.293. The van der Waals surface area contributed by atoms with Crippen molar-refractivity contribution in [1.82, 2.24) is 5.32 Å². The summed E-state index contributed by atoms with van der Waals surface area (Å²) in [5, 5.41) is 7.05. The second-order valence-electron chi connectivity index (χ2n) is 6.02. The number of ether oxygens (including phenoxy) is 2. The summed E-state index contributed by atoms with van der Waals surface area (Å²) in [7, 11) is 0. The van der Waals surface area contributed by atoms with Gasteiger partial charge in [-0.3, -0.25) is 0 Å². The summed E-state index contributed by atoms with van der Waals surface area (Å²) in [6.07, 6.45) is 7.88. The molecule has 0 radical (unpaired) electrons. The van der Waals surface area contributed by atoms with E-state index in [1.54, 1.807) is 0 Å². The largest absolute Gasteiger partial charge is 0.490 e. The number of thiocarbonyl (C=S) groups is 1. The monoisotopic (exact) mass is 320 g/mol. The van der Waals surface area contributed by atoms with Gasteiger partial charge in [0.1, 0.15) is 5.75 Å². The van der Waals surface area contributed by atoms with Crippen LogP contribution in [-0.4, -0.2) is 30.5 Å². The smallest absolute Gasteiger partial charge is 0.170 e. The number of hydrogen-bond donors (Lipinski definition) is 2. The van der Waals surface area contributed by atoms with Crippen molar-refractivity contribution >= 4 is 23.0 Å². The Balaban J connectivity index is 1.42. The molecule has 120 valence electrons. The summed E-state index contributed by atoms with van der Waals surface area (Å²) in [5.74, 6) is 0.940. The van der Waals surface area contributed by atoms with Crippen molar-refractivity contribution in [3.05, 3.63) is 24.3 Å². The molecule has 2 N–H and O–H groups in total. The van der Waals surface area contributed by atoms with Crippen molar-refractivity contribution < 1.29 is 9.47 Å². The molecule has 4 nitrogen and oxygen atoms in total. The van der Waals surface area contributed by atoms with Crippen LogP contribution in [0.3, 0.4) is 0 Å². The molecule has 1 aromatic carbocycles. The van der Waals surface area contributed by atoms with Crippen LogP contribution in [0.15, 0.2) is 24.3 Å². The molecule has 1 aliphatic heterocycles. The van der Waals surface area contributed by atoms with E-state index in [4.69, 9.17) is 21.7 Å². The van der Waals surface area contributed by atoms with Crippen molar-refractivity contribution in [1.29, 1.82) is 0 Å². The van der Waals surface area contributed by atoms with Gasteiger partial charge in [0.2, 0.25) is 0 Å². The van der Waals surface area contributed by atoms with E-state index in [0.717, 1.165) is 37.4 Å². The van der Waals surface area contributed by atoms with E-state index in [-0.39, 0.29) is 0 Å². The number of hydrogen-bond acceptors (Lipinski definition) is 3. The van der Waals surface area contributed by atoms with Gasteiger partial charge in [0.25, 0.3) is 0 Å². The molecule has 2 fully saturated rings. The van der Waals surface area contributed by atoms with E-state index < -0.39 is 0 Å². The Morgan fingerprint density at radius 3 is 2.59 bits per heavy atom. The van der Waals surface area contributed by atoms with Gasteiger partial charge in [0, 0.05) is 18.8 Å². The number of nitrogens with one attached hydrogen (secondary N) is 2.